The lowest BCUT2D eigenvalue weighted by atomic mass is 10.1. The van der Waals surface area contributed by atoms with Crippen LogP contribution in [-0.4, -0.2) is 23.2 Å². The molecule has 1 atom stereocenters. The van der Waals surface area contributed by atoms with Gasteiger partial charge in [0.1, 0.15) is 6.10 Å². The van der Waals surface area contributed by atoms with Crippen LogP contribution in [-0.2, 0) is 9.53 Å². The van der Waals surface area contributed by atoms with Crippen molar-refractivity contribution in [2.75, 3.05) is 7.11 Å². The lowest BCUT2D eigenvalue weighted by Crippen LogP contribution is -2.13. The van der Waals surface area contributed by atoms with Gasteiger partial charge in [-0.2, -0.15) is 0 Å². The van der Waals surface area contributed by atoms with Crippen LogP contribution in [0.1, 0.15) is 11.8 Å². The van der Waals surface area contributed by atoms with Crippen LogP contribution in [0.2, 0.25) is 0 Å². The minimum atomic E-state index is -1.15. The second-order valence-electron chi connectivity index (χ2n) is 3.85. The Morgan fingerprint density at radius 2 is 2.06 bits per heavy atom. The molecule has 2 aromatic rings. The average molecular weight is 243 g/mol. The summed E-state index contributed by atoms with van der Waals surface area (Å²) in [5.41, 5.74) is 1.11. The van der Waals surface area contributed by atoms with Crippen LogP contribution in [0.15, 0.2) is 48.6 Å². The van der Waals surface area contributed by atoms with Gasteiger partial charge in [0, 0.05) is 5.39 Å². The molecule has 0 saturated heterocycles. The number of aliphatic hydroxyl groups excluding tert-OH is 1. The van der Waals surface area contributed by atoms with Crippen molar-refractivity contribution in [2.24, 2.45) is 0 Å². The SMILES string of the molecule is C=C(C(=O)OC)C(O)c1ccc2ccccc2n1. The van der Waals surface area contributed by atoms with Crippen molar-refractivity contribution in [3.05, 3.63) is 54.2 Å². The standard InChI is InChI=1S/C14H13NO3/c1-9(14(17)18-2)13(16)12-8-7-10-5-3-4-6-11(10)15-12/h3-8,13,16H,1H2,2H3. The van der Waals surface area contributed by atoms with Crippen molar-refractivity contribution in [1.82, 2.24) is 4.98 Å². The number of methoxy groups -OCH3 is 1. The monoisotopic (exact) mass is 243 g/mol. The molecule has 1 heterocycles. The van der Waals surface area contributed by atoms with Crippen LogP contribution in [0, 0.1) is 0 Å². The number of rotatable bonds is 3. The topological polar surface area (TPSA) is 59.4 Å². The second kappa shape index (κ2) is 4.98. The number of hydrogen-bond donors (Lipinski definition) is 1. The number of para-hydroxylation sites is 1. The third-order valence-corrected chi connectivity index (χ3v) is 2.68. The molecule has 92 valence electrons. The second-order valence-corrected chi connectivity index (χ2v) is 3.85. The molecular weight excluding hydrogens is 230 g/mol. The van der Waals surface area contributed by atoms with Gasteiger partial charge in [0.2, 0.25) is 0 Å². The van der Waals surface area contributed by atoms with E-state index >= 15 is 0 Å². The summed E-state index contributed by atoms with van der Waals surface area (Å²) in [5.74, 6) is -0.641. The van der Waals surface area contributed by atoms with E-state index in [1.807, 2.05) is 30.3 Å². The fourth-order valence-electron chi connectivity index (χ4n) is 1.66. The number of aromatic nitrogens is 1. The molecule has 0 amide bonds. The van der Waals surface area contributed by atoms with Gasteiger partial charge in [-0.3, -0.25) is 0 Å². The number of benzene rings is 1. The van der Waals surface area contributed by atoms with E-state index in [1.165, 1.54) is 7.11 Å². The molecule has 0 spiro atoms. The summed E-state index contributed by atoms with van der Waals surface area (Å²) in [4.78, 5) is 15.6. The van der Waals surface area contributed by atoms with Crippen molar-refractivity contribution in [1.29, 1.82) is 0 Å². The van der Waals surface area contributed by atoms with E-state index in [4.69, 9.17) is 0 Å². The first-order chi connectivity index (χ1) is 8.63. The molecule has 18 heavy (non-hydrogen) atoms. The van der Waals surface area contributed by atoms with Gasteiger partial charge in [0.25, 0.3) is 0 Å². The Hall–Kier alpha value is -2.20. The van der Waals surface area contributed by atoms with Crippen LogP contribution >= 0.6 is 0 Å². The van der Waals surface area contributed by atoms with Gasteiger partial charge in [-0.25, -0.2) is 9.78 Å². The number of carbonyl (C=O) groups is 1. The minimum absolute atomic E-state index is 0.0275. The van der Waals surface area contributed by atoms with Gasteiger partial charge in [0.05, 0.1) is 23.9 Å². The highest BCUT2D eigenvalue weighted by molar-refractivity contribution is 5.89. The lowest BCUT2D eigenvalue weighted by Gasteiger charge is -2.12. The van der Waals surface area contributed by atoms with Crippen LogP contribution in [0.4, 0.5) is 0 Å². The van der Waals surface area contributed by atoms with Gasteiger partial charge >= 0.3 is 5.97 Å². The van der Waals surface area contributed by atoms with Crippen molar-refractivity contribution < 1.29 is 14.6 Å². The Bertz CT molecular complexity index is 607. The first-order valence-electron chi connectivity index (χ1n) is 5.44. The zero-order valence-electron chi connectivity index (χ0n) is 9.96. The maximum absolute atomic E-state index is 11.3. The van der Waals surface area contributed by atoms with E-state index < -0.39 is 12.1 Å². The summed E-state index contributed by atoms with van der Waals surface area (Å²) in [7, 11) is 1.24. The smallest absolute Gasteiger partial charge is 0.336 e. The highest BCUT2D eigenvalue weighted by Gasteiger charge is 2.20. The Labute approximate surface area is 105 Å². The molecule has 4 nitrogen and oxygen atoms in total. The Balaban J connectivity index is 2.36. The summed E-state index contributed by atoms with van der Waals surface area (Å²) in [6.07, 6.45) is -1.15. The van der Waals surface area contributed by atoms with Gasteiger partial charge in [-0.15, -0.1) is 0 Å². The molecule has 0 fully saturated rings. The van der Waals surface area contributed by atoms with Crippen molar-refractivity contribution in [3.8, 4) is 0 Å². The average Bonchev–Trinajstić information content (AvgIpc) is 2.44. The number of hydrogen-bond acceptors (Lipinski definition) is 4. The third kappa shape index (κ3) is 2.24. The fraction of sp³-hybridized carbons (Fsp3) is 0.143. The summed E-state index contributed by atoms with van der Waals surface area (Å²) >= 11 is 0. The van der Waals surface area contributed by atoms with Crippen LogP contribution in [0.25, 0.3) is 10.9 Å². The number of fused-ring (bicyclic) bond motifs is 1. The molecule has 0 aliphatic heterocycles. The summed E-state index contributed by atoms with van der Waals surface area (Å²) in [6, 6.07) is 11.0. The molecule has 1 unspecified atom stereocenters. The van der Waals surface area contributed by atoms with Gasteiger partial charge in [-0.05, 0) is 12.1 Å². The quantitative estimate of drug-likeness (QED) is 0.661. The molecule has 1 aromatic heterocycles. The van der Waals surface area contributed by atoms with E-state index in [-0.39, 0.29) is 5.57 Å². The van der Waals surface area contributed by atoms with Crippen LogP contribution in [0.3, 0.4) is 0 Å². The van der Waals surface area contributed by atoms with E-state index in [2.05, 4.69) is 16.3 Å². The number of aliphatic hydroxyl groups is 1. The molecule has 1 N–H and O–H groups in total. The number of esters is 1. The number of nitrogens with zero attached hydrogens (tertiary/aromatic N) is 1. The van der Waals surface area contributed by atoms with E-state index in [1.54, 1.807) is 6.07 Å². The summed E-state index contributed by atoms with van der Waals surface area (Å²) < 4.78 is 4.52. The number of pyridine rings is 1. The zero-order valence-corrected chi connectivity index (χ0v) is 9.96. The third-order valence-electron chi connectivity index (χ3n) is 2.68. The number of carbonyl (C=O) groups excluding carboxylic acids is 1. The predicted molar refractivity (Wildman–Crippen MR) is 67.9 cm³/mol. The maximum Gasteiger partial charge on any atom is 0.336 e. The van der Waals surface area contributed by atoms with Crippen LogP contribution in [0.5, 0.6) is 0 Å². The molecule has 1 aromatic carbocycles. The summed E-state index contributed by atoms with van der Waals surface area (Å²) in [5, 5.41) is 11.0. The first kappa shape index (κ1) is 12.3. The normalized spacial score (nSPS) is 12.1. The molecule has 0 aliphatic rings. The highest BCUT2D eigenvalue weighted by Crippen LogP contribution is 2.22. The molecule has 0 bridgehead atoms. The Morgan fingerprint density at radius 3 is 2.78 bits per heavy atom. The van der Waals surface area contributed by atoms with Gasteiger partial charge in [0.15, 0.2) is 0 Å². The minimum Gasteiger partial charge on any atom is -0.466 e. The summed E-state index contributed by atoms with van der Waals surface area (Å²) in [6.45, 7) is 3.52. The predicted octanol–water partition coefficient (Wildman–Crippen LogP) is 2.00. The highest BCUT2D eigenvalue weighted by atomic mass is 16.5. The van der Waals surface area contributed by atoms with Crippen molar-refractivity contribution in [2.45, 2.75) is 6.10 Å². The number of ether oxygens (including phenoxy) is 1. The zero-order chi connectivity index (χ0) is 13.1. The Morgan fingerprint density at radius 1 is 1.33 bits per heavy atom. The van der Waals surface area contributed by atoms with Crippen LogP contribution < -0.4 is 0 Å². The van der Waals surface area contributed by atoms with E-state index in [9.17, 15) is 9.90 Å². The molecule has 0 aliphatic carbocycles. The van der Waals surface area contributed by atoms with Crippen molar-refractivity contribution in [3.63, 3.8) is 0 Å². The molecule has 0 saturated carbocycles. The van der Waals surface area contributed by atoms with Gasteiger partial charge in [-0.1, -0.05) is 30.8 Å². The largest absolute Gasteiger partial charge is 0.466 e. The Kier molecular flexibility index (Phi) is 3.39. The van der Waals surface area contributed by atoms with Crippen molar-refractivity contribution >= 4 is 16.9 Å². The molecule has 0 radical (unpaired) electrons. The molecular formula is C14H13NO3. The maximum atomic E-state index is 11.3. The fourth-order valence-corrected chi connectivity index (χ4v) is 1.66. The first-order valence-corrected chi connectivity index (χ1v) is 5.44. The lowest BCUT2D eigenvalue weighted by molar-refractivity contribution is -0.137. The van der Waals surface area contributed by atoms with E-state index in [0.717, 1.165) is 10.9 Å². The molecule has 4 heteroatoms. The van der Waals surface area contributed by atoms with E-state index in [0.29, 0.717) is 5.69 Å². The van der Waals surface area contributed by atoms with Gasteiger partial charge < -0.3 is 9.84 Å². The molecule has 2 rings (SSSR count).